The van der Waals surface area contributed by atoms with Crippen molar-refractivity contribution in [2.24, 2.45) is 0 Å². The van der Waals surface area contributed by atoms with Crippen molar-refractivity contribution >= 4 is 11.3 Å². The maximum Gasteiger partial charge on any atom is 0.0702 e. The van der Waals surface area contributed by atoms with Gasteiger partial charge in [-0.05, 0) is 44.2 Å². The zero-order valence-electron chi connectivity index (χ0n) is 12.8. The van der Waals surface area contributed by atoms with Crippen molar-refractivity contribution in [3.63, 3.8) is 0 Å². The van der Waals surface area contributed by atoms with Crippen molar-refractivity contribution in [3.8, 4) is 0 Å². The summed E-state index contributed by atoms with van der Waals surface area (Å²) in [6, 6.07) is 4.89. The quantitative estimate of drug-likeness (QED) is 0.798. The van der Waals surface area contributed by atoms with E-state index in [2.05, 4.69) is 41.6 Å². The van der Waals surface area contributed by atoms with E-state index in [0.29, 0.717) is 12.1 Å². The van der Waals surface area contributed by atoms with Crippen LogP contribution in [-0.4, -0.2) is 43.3 Å². The van der Waals surface area contributed by atoms with E-state index in [1.54, 1.807) is 0 Å². The van der Waals surface area contributed by atoms with Gasteiger partial charge in [0.1, 0.15) is 0 Å². The summed E-state index contributed by atoms with van der Waals surface area (Å²) in [4.78, 5) is 3.99. The van der Waals surface area contributed by atoms with Crippen LogP contribution >= 0.6 is 11.3 Å². The Hall–Kier alpha value is -0.420. The predicted molar refractivity (Wildman–Crippen MR) is 86.3 cm³/mol. The summed E-state index contributed by atoms with van der Waals surface area (Å²) in [6.45, 7) is 9.77. The van der Waals surface area contributed by atoms with E-state index >= 15 is 0 Å². The first kappa shape index (κ1) is 16.0. The number of thiophene rings is 1. The standard InChI is InChI=1S/C16H28N2OS/c1-3-9-19-15-6-4-8-18(13-15)14(2)11-17-12-16-7-5-10-20-16/h5,7,10,14-15,17H,3-4,6,8-9,11-13H2,1-2H3. The Bertz CT molecular complexity index is 355. The van der Waals surface area contributed by atoms with Gasteiger partial charge in [0.25, 0.3) is 0 Å². The van der Waals surface area contributed by atoms with Crippen LogP contribution in [0.15, 0.2) is 17.5 Å². The fourth-order valence-corrected chi connectivity index (χ4v) is 3.41. The summed E-state index contributed by atoms with van der Waals surface area (Å²) in [5.74, 6) is 0. The lowest BCUT2D eigenvalue weighted by Gasteiger charge is -2.36. The van der Waals surface area contributed by atoms with Gasteiger partial charge in [-0.25, -0.2) is 0 Å². The van der Waals surface area contributed by atoms with Crippen molar-refractivity contribution in [3.05, 3.63) is 22.4 Å². The monoisotopic (exact) mass is 296 g/mol. The predicted octanol–water partition coefficient (Wildman–Crippen LogP) is 3.12. The van der Waals surface area contributed by atoms with E-state index in [1.165, 1.54) is 24.3 Å². The van der Waals surface area contributed by atoms with Crippen LogP contribution in [0.5, 0.6) is 0 Å². The average Bonchev–Trinajstić information content (AvgIpc) is 2.98. The van der Waals surface area contributed by atoms with Gasteiger partial charge in [0.15, 0.2) is 0 Å². The van der Waals surface area contributed by atoms with Crippen LogP contribution < -0.4 is 5.32 Å². The zero-order chi connectivity index (χ0) is 14.2. The van der Waals surface area contributed by atoms with Gasteiger partial charge in [0, 0.05) is 37.2 Å². The molecule has 0 spiro atoms. The number of nitrogens with one attached hydrogen (secondary N) is 1. The minimum absolute atomic E-state index is 0.448. The van der Waals surface area contributed by atoms with Crippen molar-refractivity contribution in [1.29, 1.82) is 0 Å². The first-order valence-electron chi connectivity index (χ1n) is 7.88. The molecule has 4 heteroatoms. The second-order valence-corrected chi connectivity index (χ2v) is 6.72. The van der Waals surface area contributed by atoms with E-state index in [1.807, 2.05) is 11.3 Å². The molecular weight excluding hydrogens is 268 g/mol. The third kappa shape index (κ3) is 5.17. The molecule has 1 N–H and O–H groups in total. The molecule has 0 saturated carbocycles. The fourth-order valence-electron chi connectivity index (χ4n) is 2.73. The fraction of sp³-hybridized carbons (Fsp3) is 0.750. The van der Waals surface area contributed by atoms with Gasteiger partial charge in [-0.15, -0.1) is 11.3 Å². The normalized spacial score (nSPS) is 22.0. The third-order valence-corrected chi connectivity index (χ3v) is 4.79. The van der Waals surface area contributed by atoms with Gasteiger partial charge in [0.05, 0.1) is 6.10 Å². The Balaban J connectivity index is 1.67. The Morgan fingerprint density at radius 3 is 3.20 bits per heavy atom. The summed E-state index contributed by atoms with van der Waals surface area (Å²) < 4.78 is 5.92. The lowest BCUT2D eigenvalue weighted by molar-refractivity contribution is -0.0102. The van der Waals surface area contributed by atoms with E-state index in [4.69, 9.17) is 4.74 Å². The van der Waals surface area contributed by atoms with E-state index in [0.717, 1.165) is 32.7 Å². The molecule has 2 heterocycles. The number of piperidine rings is 1. The average molecular weight is 296 g/mol. The molecule has 0 amide bonds. The summed E-state index contributed by atoms with van der Waals surface area (Å²) in [5, 5.41) is 5.71. The Labute approximate surface area is 127 Å². The van der Waals surface area contributed by atoms with Crippen molar-refractivity contribution in [2.45, 2.75) is 51.8 Å². The highest BCUT2D eigenvalue weighted by Gasteiger charge is 2.23. The number of hydrogen-bond acceptors (Lipinski definition) is 4. The van der Waals surface area contributed by atoms with Crippen LogP contribution in [0.25, 0.3) is 0 Å². The molecule has 1 fully saturated rings. The van der Waals surface area contributed by atoms with E-state index < -0.39 is 0 Å². The first-order valence-corrected chi connectivity index (χ1v) is 8.76. The van der Waals surface area contributed by atoms with Crippen LogP contribution in [0, 0.1) is 0 Å². The lowest BCUT2D eigenvalue weighted by Crippen LogP contribution is -2.47. The number of rotatable bonds is 8. The molecule has 2 rings (SSSR count). The van der Waals surface area contributed by atoms with Crippen molar-refractivity contribution < 1.29 is 4.74 Å². The van der Waals surface area contributed by atoms with Crippen LogP contribution in [0.1, 0.15) is 38.0 Å². The molecule has 1 aliphatic rings. The molecule has 2 unspecified atom stereocenters. The molecule has 20 heavy (non-hydrogen) atoms. The highest BCUT2D eigenvalue weighted by molar-refractivity contribution is 7.09. The molecule has 2 atom stereocenters. The number of likely N-dealkylation sites (tertiary alicyclic amines) is 1. The summed E-state index contributed by atoms with van der Waals surface area (Å²) in [5.41, 5.74) is 0. The smallest absolute Gasteiger partial charge is 0.0702 e. The largest absolute Gasteiger partial charge is 0.377 e. The second kappa shape index (κ2) is 8.78. The van der Waals surface area contributed by atoms with E-state index in [9.17, 15) is 0 Å². The number of hydrogen-bond donors (Lipinski definition) is 1. The van der Waals surface area contributed by atoms with Crippen LogP contribution in [0.3, 0.4) is 0 Å². The van der Waals surface area contributed by atoms with Gasteiger partial charge in [0.2, 0.25) is 0 Å². The van der Waals surface area contributed by atoms with Crippen molar-refractivity contribution in [1.82, 2.24) is 10.2 Å². The molecule has 1 aromatic heterocycles. The molecule has 1 aromatic rings. The van der Waals surface area contributed by atoms with E-state index in [-0.39, 0.29) is 0 Å². The van der Waals surface area contributed by atoms with Crippen LogP contribution in [0.4, 0.5) is 0 Å². The third-order valence-electron chi connectivity index (χ3n) is 3.91. The SMILES string of the molecule is CCCOC1CCCN(C(C)CNCc2cccs2)C1. The molecule has 0 aromatic carbocycles. The molecule has 1 saturated heterocycles. The molecule has 1 aliphatic heterocycles. The Morgan fingerprint density at radius 1 is 1.55 bits per heavy atom. The summed E-state index contributed by atoms with van der Waals surface area (Å²) in [7, 11) is 0. The van der Waals surface area contributed by atoms with Gasteiger partial charge in [-0.2, -0.15) is 0 Å². The molecule has 0 aliphatic carbocycles. The molecule has 0 radical (unpaired) electrons. The van der Waals surface area contributed by atoms with Crippen LogP contribution in [0.2, 0.25) is 0 Å². The van der Waals surface area contributed by atoms with Crippen molar-refractivity contribution in [2.75, 3.05) is 26.2 Å². The maximum atomic E-state index is 5.92. The number of nitrogens with zero attached hydrogens (tertiary/aromatic N) is 1. The zero-order valence-corrected chi connectivity index (χ0v) is 13.6. The minimum atomic E-state index is 0.448. The molecule has 0 bridgehead atoms. The highest BCUT2D eigenvalue weighted by atomic mass is 32.1. The minimum Gasteiger partial charge on any atom is -0.377 e. The van der Waals surface area contributed by atoms with Crippen LogP contribution in [-0.2, 0) is 11.3 Å². The topological polar surface area (TPSA) is 24.5 Å². The molecule has 114 valence electrons. The Kier molecular flexibility index (Phi) is 7.00. The molecular formula is C16H28N2OS. The maximum absolute atomic E-state index is 5.92. The Morgan fingerprint density at radius 2 is 2.45 bits per heavy atom. The number of ether oxygens (including phenoxy) is 1. The highest BCUT2D eigenvalue weighted by Crippen LogP contribution is 2.16. The van der Waals surface area contributed by atoms with Gasteiger partial charge in [-0.1, -0.05) is 13.0 Å². The lowest BCUT2D eigenvalue weighted by atomic mass is 10.1. The molecule has 3 nitrogen and oxygen atoms in total. The van der Waals surface area contributed by atoms with Gasteiger partial charge < -0.3 is 10.1 Å². The summed E-state index contributed by atoms with van der Waals surface area (Å²) in [6.07, 6.45) is 4.06. The van der Waals surface area contributed by atoms with Gasteiger partial charge in [-0.3, -0.25) is 4.90 Å². The second-order valence-electron chi connectivity index (χ2n) is 5.69. The first-order chi connectivity index (χ1) is 9.79. The van der Waals surface area contributed by atoms with Gasteiger partial charge >= 0.3 is 0 Å². The summed E-state index contributed by atoms with van der Waals surface area (Å²) >= 11 is 1.82.